The highest BCUT2D eigenvalue weighted by Crippen LogP contribution is 2.12. The Morgan fingerprint density at radius 1 is 1.60 bits per heavy atom. The van der Waals surface area contributed by atoms with Crippen LogP contribution in [0.15, 0.2) is 11.4 Å². The first kappa shape index (κ1) is 6.86. The molecule has 0 amide bonds. The predicted molar refractivity (Wildman–Crippen MR) is 41.5 cm³/mol. The molecule has 2 heteroatoms. The third-order valence-corrected chi connectivity index (χ3v) is 2.03. The van der Waals surface area contributed by atoms with Crippen molar-refractivity contribution in [1.29, 1.82) is 5.26 Å². The van der Waals surface area contributed by atoms with Gasteiger partial charge in [-0.1, -0.05) is 0 Å². The zero-order valence-corrected chi connectivity index (χ0v) is 6.33. The molecule has 0 aliphatic rings. The molecule has 0 radical (unpaired) electrons. The van der Waals surface area contributed by atoms with E-state index >= 15 is 0 Å². The van der Waals surface area contributed by atoms with Gasteiger partial charge in [-0.05, 0) is 29.9 Å². The largest absolute Gasteiger partial charge is 0.183 e. The van der Waals surface area contributed by atoms with Crippen LogP contribution in [0.3, 0.4) is 0 Å². The monoisotopic (exact) mass is 147 g/mol. The number of rotatable bonds is 0. The van der Waals surface area contributed by atoms with Crippen LogP contribution in [0.5, 0.6) is 0 Å². The van der Waals surface area contributed by atoms with Gasteiger partial charge in [0.15, 0.2) is 6.07 Å². The number of nitriles is 1. The van der Waals surface area contributed by atoms with Crippen molar-refractivity contribution in [3.8, 4) is 17.9 Å². The number of nitrogens with zero attached hydrogens (tertiary/aromatic N) is 1. The second-order valence-corrected chi connectivity index (χ2v) is 2.71. The molecule has 48 valence electrons. The first-order valence-electron chi connectivity index (χ1n) is 2.79. The van der Waals surface area contributed by atoms with Gasteiger partial charge in [0.1, 0.15) is 0 Å². The van der Waals surface area contributed by atoms with Gasteiger partial charge in [0, 0.05) is 5.92 Å². The lowest BCUT2D eigenvalue weighted by Gasteiger charge is -1.80. The molecule has 10 heavy (non-hydrogen) atoms. The molecule has 0 aliphatic carbocycles. The van der Waals surface area contributed by atoms with Gasteiger partial charge in [-0.15, -0.1) is 11.3 Å². The number of aryl methyl sites for hydroxylation is 1. The molecule has 1 rings (SSSR count). The zero-order valence-electron chi connectivity index (χ0n) is 5.51. The summed E-state index contributed by atoms with van der Waals surface area (Å²) in [5, 5.41) is 10.1. The van der Waals surface area contributed by atoms with Crippen LogP contribution in [0.1, 0.15) is 10.4 Å². The molecule has 0 N–H and O–H groups in total. The Morgan fingerprint density at radius 2 is 2.40 bits per heavy atom. The predicted octanol–water partition coefficient (Wildman–Crippen LogP) is 1.93. The van der Waals surface area contributed by atoms with E-state index in [1.54, 1.807) is 17.4 Å². The fraction of sp³-hybridized carbons (Fsp3) is 0.125. The van der Waals surface area contributed by atoms with Crippen LogP contribution in [0.25, 0.3) is 0 Å². The van der Waals surface area contributed by atoms with E-state index in [0.29, 0.717) is 0 Å². The third-order valence-electron chi connectivity index (χ3n) is 1.09. The van der Waals surface area contributed by atoms with Crippen LogP contribution >= 0.6 is 11.3 Å². The van der Waals surface area contributed by atoms with E-state index in [9.17, 15) is 0 Å². The average molecular weight is 147 g/mol. The van der Waals surface area contributed by atoms with Crippen LogP contribution in [0.2, 0.25) is 0 Å². The summed E-state index contributed by atoms with van der Waals surface area (Å²) in [5.74, 6) is 5.11. The van der Waals surface area contributed by atoms with E-state index in [-0.39, 0.29) is 0 Å². The molecule has 0 spiro atoms. The van der Waals surface area contributed by atoms with E-state index in [4.69, 9.17) is 5.26 Å². The Balaban J connectivity index is 2.97. The lowest BCUT2D eigenvalue weighted by atomic mass is 10.3. The molecular formula is C8H5NS. The van der Waals surface area contributed by atoms with Gasteiger partial charge < -0.3 is 0 Å². The van der Waals surface area contributed by atoms with E-state index in [2.05, 4.69) is 11.8 Å². The van der Waals surface area contributed by atoms with Crippen LogP contribution in [0, 0.1) is 30.1 Å². The van der Waals surface area contributed by atoms with Gasteiger partial charge in [0.25, 0.3) is 0 Å². The molecule has 0 atom stereocenters. The zero-order chi connectivity index (χ0) is 7.40. The van der Waals surface area contributed by atoms with E-state index in [1.165, 1.54) is 0 Å². The van der Waals surface area contributed by atoms with Crippen molar-refractivity contribution in [3.05, 3.63) is 21.9 Å². The van der Waals surface area contributed by atoms with Gasteiger partial charge in [-0.25, -0.2) is 0 Å². The Bertz CT molecular complexity index is 319. The molecule has 0 aliphatic heterocycles. The molecular weight excluding hydrogens is 142 g/mol. The second kappa shape index (κ2) is 3.06. The molecule has 0 saturated heterocycles. The van der Waals surface area contributed by atoms with Crippen molar-refractivity contribution in [2.45, 2.75) is 6.92 Å². The van der Waals surface area contributed by atoms with Crippen molar-refractivity contribution in [2.75, 3.05) is 0 Å². The molecule has 1 nitrogen and oxygen atoms in total. The Hall–Kier alpha value is -1.25. The molecule has 0 aromatic carbocycles. The fourth-order valence-electron chi connectivity index (χ4n) is 0.586. The number of hydrogen-bond acceptors (Lipinski definition) is 2. The quantitative estimate of drug-likeness (QED) is 0.514. The third kappa shape index (κ3) is 1.37. The highest BCUT2D eigenvalue weighted by atomic mass is 32.1. The summed E-state index contributed by atoms with van der Waals surface area (Å²) in [6.45, 7) is 1.98. The fourth-order valence-corrected chi connectivity index (χ4v) is 1.36. The topological polar surface area (TPSA) is 23.8 Å². The van der Waals surface area contributed by atoms with Crippen molar-refractivity contribution >= 4 is 11.3 Å². The minimum Gasteiger partial charge on any atom is -0.183 e. The summed E-state index contributed by atoms with van der Waals surface area (Å²) >= 11 is 1.56. The van der Waals surface area contributed by atoms with Gasteiger partial charge in [-0.2, -0.15) is 5.26 Å². The van der Waals surface area contributed by atoms with Crippen LogP contribution < -0.4 is 0 Å². The van der Waals surface area contributed by atoms with Crippen molar-refractivity contribution < 1.29 is 0 Å². The molecule has 0 bridgehead atoms. The summed E-state index contributed by atoms with van der Waals surface area (Å²) in [7, 11) is 0. The number of thiophene rings is 1. The van der Waals surface area contributed by atoms with E-state index in [0.717, 1.165) is 10.4 Å². The molecule has 1 aromatic heterocycles. The maximum Gasteiger partial charge on any atom is 0.152 e. The minimum atomic E-state index is 0.988. The maximum absolute atomic E-state index is 8.14. The minimum absolute atomic E-state index is 0.988. The van der Waals surface area contributed by atoms with Crippen LogP contribution in [-0.2, 0) is 0 Å². The Morgan fingerprint density at radius 3 is 2.90 bits per heavy atom. The highest BCUT2D eigenvalue weighted by Gasteiger charge is 1.92. The van der Waals surface area contributed by atoms with Crippen molar-refractivity contribution in [3.63, 3.8) is 0 Å². The summed E-state index contributed by atoms with van der Waals surface area (Å²) in [6.07, 6.45) is 0. The highest BCUT2D eigenvalue weighted by molar-refractivity contribution is 7.10. The van der Waals surface area contributed by atoms with Gasteiger partial charge >= 0.3 is 0 Å². The molecule has 1 heterocycles. The van der Waals surface area contributed by atoms with E-state index < -0.39 is 0 Å². The van der Waals surface area contributed by atoms with Gasteiger partial charge in [0.05, 0.1) is 4.88 Å². The SMILES string of the molecule is Cc1ccsc1C#CC#N. The summed E-state index contributed by atoms with van der Waals surface area (Å²) in [6, 6.07) is 3.77. The average Bonchev–Trinajstić information content (AvgIpc) is 2.31. The lowest BCUT2D eigenvalue weighted by molar-refractivity contribution is 1.53. The van der Waals surface area contributed by atoms with E-state index in [1.807, 2.05) is 18.4 Å². The molecule has 1 aromatic rings. The summed E-state index contributed by atoms with van der Waals surface area (Å²) in [4.78, 5) is 0.988. The maximum atomic E-state index is 8.14. The van der Waals surface area contributed by atoms with Gasteiger partial charge in [-0.3, -0.25) is 0 Å². The van der Waals surface area contributed by atoms with Crippen LogP contribution in [-0.4, -0.2) is 0 Å². The Kier molecular flexibility index (Phi) is 2.10. The first-order chi connectivity index (χ1) is 4.84. The second-order valence-electron chi connectivity index (χ2n) is 1.79. The Labute approximate surface area is 63.9 Å². The normalized spacial score (nSPS) is 7.60. The molecule has 0 unspecified atom stereocenters. The van der Waals surface area contributed by atoms with Crippen molar-refractivity contribution in [1.82, 2.24) is 0 Å². The first-order valence-corrected chi connectivity index (χ1v) is 3.67. The summed E-state index contributed by atoms with van der Waals surface area (Å²) < 4.78 is 0. The van der Waals surface area contributed by atoms with Crippen LogP contribution in [0.4, 0.5) is 0 Å². The smallest absolute Gasteiger partial charge is 0.152 e. The summed E-state index contributed by atoms with van der Waals surface area (Å²) in [5.41, 5.74) is 1.15. The standard InChI is InChI=1S/C8H5NS/c1-7-4-6-10-8(7)3-2-5-9/h4,6H,1H3. The van der Waals surface area contributed by atoms with Crippen molar-refractivity contribution in [2.24, 2.45) is 0 Å². The van der Waals surface area contributed by atoms with Gasteiger partial charge in [0.2, 0.25) is 0 Å². The molecule has 0 saturated carbocycles. The lowest BCUT2D eigenvalue weighted by Crippen LogP contribution is -1.67. The number of hydrogen-bond donors (Lipinski definition) is 0. The molecule has 0 fully saturated rings.